The summed E-state index contributed by atoms with van der Waals surface area (Å²) >= 11 is 0. The van der Waals surface area contributed by atoms with E-state index in [0.29, 0.717) is 11.9 Å². The third kappa shape index (κ3) is 5.59. The smallest absolute Gasteiger partial charge is 0.226 e. The largest absolute Gasteiger partial charge is 0.393 e. The summed E-state index contributed by atoms with van der Waals surface area (Å²) in [5.41, 5.74) is 1.43. The van der Waals surface area contributed by atoms with Gasteiger partial charge in [0.05, 0.1) is 12.0 Å². The molecule has 3 fully saturated rings. The van der Waals surface area contributed by atoms with Crippen LogP contribution in [-0.4, -0.2) is 83.7 Å². The number of aliphatic hydroxyl groups excluding tert-OH is 1. The highest BCUT2D eigenvalue weighted by Gasteiger charge is 2.34. The second kappa shape index (κ2) is 10.1. The lowest BCUT2D eigenvalue weighted by Gasteiger charge is -2.43. The predicted octanol–water partition coefficient (Wildman–Crippen LogP) is 2.39. The van der Waals surface area contributed by atoms with E-state index in [9.17, 15) is 9.90 Å². The Morgan fingerprint density at radius 2 is 1.66 bits per heavy atom. The van der Waals surface area contributed by atoms with Crippen molar-refractivity contribution in [2.24, 2.45) is 5.92 Å². The van der Waals surface area contributed by atoms with Crippen LogP contribution in [-0.2, 0) is 11.2 Å². The fourth-order valence-electron chi connectivity index (χ4n) is 5.32. The molecule has 0 radical (unpaired) electrons. The van der Waals surface area contributed by atoms with Crippen LogP contribution in [0.15, 0.2) is 30.3 Å². The van der Waals surface area contributed by atoms with Crippen molar-refractivity contribution in [3.05, 3.63) is 35.9 Å². The van der Waals surface area contributed by atoms with E-state index in [4.69, 9.17) is 0 Å². The highest BCUT2D eigenvalue weighted by molar-refractivity contribution is 5.79. The molecule has 1 aromatic carbocycles. The molecule has 3 heterocycles. The average Bonchev–Trinajstić information content (AvgIpc) is 2.79. The topological polar surface area (TPSA) is 47.0 Å². The van der Waals surface area contributed by atoms with E-state index < -0.39 is 0 Å². The Morgan fingerprint density at radius 1 is 0.931 bits per heavy atom. The van der Waals surface area contributed by atoms with Crippen molar-refractivity contribution in [3.8, 4) is 0 Å². The van der Waals surface area contributed by atoms with Gasteiger partial charge in [-0.05, 0) is 70.1 Å². The molecule has 0 unspecified atom stereocenters. The van der Waals surface area contributed by atoms with E-state index >= 15 is 0 Å². The minimum atomic E-state index is -0.214. The zero-order valence-electron chi connectivity index (χ0n) is 17.7. The van der Waals surface area contributed by atoms with Gasteiger partial charge in [-0.1, -0.05) is 30.3 Å². The lowest BCUT2D eigenvalue weighted by Crippen LogP contribution is -2.52. The fraction of sp³-hybridized carbons (Fsp3) is 0.708. The number of nitrogens with zero attached hydrogens (tertiary/aromatic N) is 3. The molecule has 1 N–H and O–H groups in total. The van der Waals surface area contributed by atoms with Crippen molar-refractivity contribution in [2.75, 3.05) is 45.8 Å². The number of amides is 1. The highest BCUT2D eigenvalue weighted by atomic mass is 16.3. The summed E-state index contributed by atoms with van der Waals surface area (Å²) in [6.45, 7) is 7.06. The van der Waals surface area contributed by atoms with Crippen LogP contribution >= 0.6 is 0 Å². The molecular weight excluding hydrogens is 362 g/mol. The molecule has 1 atom stereocenters. The zero-order valence-corrected chi connectivity index (χ0v) is 17.7. The SMILES string of the molecule is O=C([C@H]1CCCN(C2CCN(CCc3ccccc3)CC2)C1)N1CCC(O)CC1. The zero-order chi connectivity index (χ0) is 20.1. The molecule has 3 saturated heterocycles. The van der Waals surface area contributed by atoms with Gasteiger partial charge in [-0.2, -0.15) is 0 Å². The van der Waals surface area contributed by atoms with Gasteiger partial charge in [0, 0.05) is 32.2 Å². The van der Waals surface area contributed by atoms with Gasteiger partial charge in [-0.3, -0.25) is 9.69 Å². The molecule has 0 saturated carbocycles. The Morgan fingerprint density at radius 3 is 2.38 bits per heavy atom. The standard InChI is InChI=1S/C24H37N3O2/c28-23-11-17-26(18-12-23)24(29)21-7-4-13-27(19-21)22-9-15-25(16-10-22)14-8-20-5-2-1-3-6-20/h1-3,5-6,21-23,28H,4,7-19H2/t21-/m0/s1. The Labute approximate surface area is 175 Å². The molecular formula is C24H37N3O2. The fourth-order valence-corrected chi connectivity index (χ4v) is 5.32. The molecule has 3 aliphatic rings. The molecule has 29 heavy (non-hydrogen) atoms. The van der Waals surface area contributed by atoms with Crippen LogP contribution in [0.5, 0.6) is 0 Å². The number of carbonyl (C=O) groups is 1. The van der Waals surface area contributed by atoms with Gasteiger partial charge in [0.25, 0.3) is 0 Å². The molecule has 4 rings (SSSR count). The van der Waals surface area contributed by atoms with E-state index in [0.717, 1.165) is 64.8 Å². The number of carbonyl (C=O) groups excluding carboxylic acids is 1. The number of benzene rings is 1. The van der Waals surface area contributed by atoms with Gasteiger partial charge in [-0.15, -0.1) is 0 Å². The first-order valence-electron chi connectivity index (χ1n) is 11.7. The van der Waals surface area contributed by atoms with Gasteiger partial charge in [-0.25, -0.2) is 0 Å². The second-order valence-electron chi connectivity index (χ2n) is 9.20. The predicted molar refractivity (Wildman–Crippen MR) is 116 cm³/mol. The van der Waals surface area contributed by atoms with Crippen LogP contribution in [0.1, 0.15) is 44.1 Å². The molecule has 5 nitrogen and oxygen atoms in total. The van der Waals surface area contributed by atoms with E-state index in [-0.39, 0.29) is 12.0 Å². The van der Waals surface area contributed by atoms with E-state index in [1.165, 1.54) is 31.5 Å². The summed E-state index contributed by atoms with van der Waals surface area (Å²) in [5, 5.41) is 9.71. The Balaban J connectivity index is 1.22. The molecule has 0 aromatic heterocycles. The molecule has 0 aliphatic carbocycles. The number of hydrogen-bond acceptors (Lipinski definition) is 4. The minimum absolute atomic E-state index is 0.162. The Bertz CT molecular complexity index is 637. The summed E-state index contributed by atoms with van der Waals surface area (Å²) in [7, 11) is 0. The monoisotopic (exact) mass is 399 g/mol. The van der Waals surface area contributed by atoms with Crippen molar-refractivity contribution >= 4 is 5.91 Å². The molecule has 3 aliphatic heterocycles. The number of aliphatic hydroxyl groups is 1. The summed E-state index contributed by atoms with van der Waals surface area (Å²) in [6, 6.07) is 11.4. The first kappa shape index (κ1) is 20.8. The molecule has 5 heteroatoms. The van der Waals surface area contributed by atoms with Gasteiger partial charge in [0.2, 0.25) is 5.91 Å². The maximum absolute atomic E-state index is 13.0. The van der Waals surface area contributed by atoms with Crippen molar-refractivity contribution in [2.45, 2.75) is 57.1 Å². The molecule has 160 valence electrons. The van der Waals surface area contributed by atoms with Crippen LogP contribution in [0.25, 0.3) is 0 Å². The number of hydrogen-bond donors (Lipinski definition) is 1. The first-order valence-corrected chi connectivity index (χ1v) is 11.7. The lowest BCUT2D eigenvalue weighted by atomic mass is 9.92. The summed E-state index contributed by atoms with van der Waals surface area (Å²) in [4.78, 5) is 20.2. The van der Waals surface area contributed by atoms with Crippen LogP contribution in [0.4, 0.5) is 0 Å². The van der Waals surface area contributed by atoms with Gasteiger partial charge in [0.1, 0.15) is 0 Å². The van der Waals surface area contributed by atoms with Gasteiger partial charge >= 0.3 is 0 Å². The Kier molecular flexibility index (Phi) is 7.22. The summed E-state index contributed by atoms with van der Waals surface area (Å²) < 4.78 is 0. The highest BCUT2D eigenvalue weighted by Crippen LogP contribution is 2.26. The van der Waals surface area contributed by atoms with Crippen molar-refractivity contribution < 1.29 is 9.90 Å². The normalized spacial score (nSPS) is 26.0. The van der Waals surface area contributed by atoms with Crippen molar-refractivity contribution in [3.63, 3.8) is 0 Å². The van der Waals surface area contributed by atoms with E-state index in [2.05, 4.69) is 40.1 Å². The van der Waals surface area contributed by atoms with E-state index in [1.54, 1.807) is 0 Å². The Hall–Kier alpha value is -1.43. The van der Waals surface area contributed by atoms with Crippen molar-refractivity contribution in [1.29, 1.82) is 0 Å². The lowest BCUT2D eigenvalue weighted by molar-refractivity contribution is -0.139. The summed E-state index contributed by atoms with van der Waals surface area (Å²) in [6.07, 6.45) is 7.03. The van der Waals surface area contributed by atoms with Crippen LogP contribution in [0, 0.1) is 5.92 Å². The molecule has 1 amide bonds. The van der Waals surface area contributed by atoms with Gasteiger partial charge < -0.3 is 14.9 Å². The van der Waals surface area contributed by atoms with Crippen LogP contribution in [0.3, 0.4) is 0 Å². The first-order chi connectivity index (χ1) is 14.2. The van der Waals surface area contributed by atoms with Gasteiger partial charge in [0.15, 0.2) is 0 Å². The van der Waals surface area contributed by atoms with Crippen LogP contribution in [0.2, 0.25) is 0 Å². The maximum Gasteiger partial charge on any atom is 0.226 e. The molecule has 0 spiro atoms. The van der Waals surface area contributed by atoms with Crippen molar-refractivity contribution in [1.82, 2.24) is 14.7 Å². The maximum atomic E-state index is 13.0. The van der Waals surface area contributed by atoms with E-state index in [1.807, 2.05) is 4.90 Å². The molecule has 0 bridgehead atoms. The number of likely N-dealkylation sites (tertiary alicyclic amines) is 3. The number of rotatable bonds is 5. The third-order valence-electron chi connectivity index (χ3n) is 7.21. The quantitative estimate of drug-likeness (QED) is 0.826. The minimum Gasteiger partial charge on any atom is -0.393 e. The average molecular weight is 400 g/mol. The molecule has 1 aromatic rings. The summed E-state index contributed by atoms with van der Waals surface area (Å²) in [5.74, 6) is 0.497. The number of piperidine rings is 3. The second-order valence-corrected chi connectivity index (χ2v) is 9.20. The van der Waals surface area contributed by atoms with Crippen LogP contribution < -0.4 is 0 Å². The third-order valence-corrected chi connectivity index (χ3v) is 7.21.